The van der Waals surface area contributed by atoms with Gasteiger partial charge in [-0.2, -0.15) is 0 Å². The molecule has 0 saturated heterocycles. The number of benzene rings is 1. The predicted molar refractivity (Wildman–Crippen MR) is 125 cm³/mol. The summed E-state index contributed by atoms with van der Waals surface area (Å²) in [5.41, 5.74) is 1.24. The van der Waals surface area contributed by atoms with E-state index in [1.165, 1.54) is 5.56 Å². The SMILES string of the molecule is CCNC(=NCCCc1ccc(OC)c(OCC)c1)NCCN(C)CC.I. The molecule has 0 aliphatic rings. The van der Waals surface area contributed by atoms with Crippen molar-refractivity contribution in [2.24, 2.45) is 4.99 Å². The molecule has 1 aromatic rings. The molecule has 27 heavy (non-hydrogen) atoms. The van der Waals surface area contributed by atoms with Gasteiger partial charge in [0, 0.05) is 26.2 Å². The Balaban J connectivity index is 0.00000676. The Kier molecular flexibility index (Phi) is 15.1. The van der Waals surface area contributed by atoms with Crippen molar-refractivity contribution >= 4 is 29.9 Å². The summed E-state index contributed by atoms with van der Waals surface area (Å²) in [4.78, 5) is 6.94. The molecule has 1 aromatic carbocycles. The van der Waals surface area contributed by atoms with Crippen LogP contribution in [0.4, 0.5) is 0 Å². The van der Waals surface area contributed by atoms with Crippen molar-refractivity contribution in [3.05, 3.63) is 23.8 Å². The van der Waals surface area contributed by atoms with Crippen molar-refractivity contribution in [2.45, 2.75) is 33.6 Å². The molecule has 0 heterocycles. The van der Waals surface area contributed by atoms with Crippen LogP contribution in [-0.4, -0.2) is 64.3 Å². The molecule has 0 radical (unpaired) electrons. The smallest absolute Gasteiger partial charge is 0.191 e. The molecule has 7 heteroatoms. The van der Waals surface area contributed by atoms with Gasteiger partial charge in [-0.25, -0.2) is 0 Å². The Hall–Kier alpha value is -1.22. The Morgan fingerprint density at radius 1 is 1.15 bits per heavy atom. The van der Waals surface area contributed by atoms with Crippen LogP contribution in [0.2, 0.25) is 0 Å². The Morgan fingerprint density at radius 3 is 2.56 bits per heavy atom. The second kappa shape index (κ2) is 15.8. The second-order valence-corrected chi connectivity index (χ2v) is 6.11. The number of methoxy groups -OCH3 is 1. The van der Waals surface area contributed by atoms with Gasteiger partial charge in [0.15, 0.2) is 17.5 Å². The Bertz CT molecular complexity index is 541. The Labute approximate surface area is 182 Å². The number of hydrogen-bond donors (Lipinski definition) is 2. The van der Waals surface area contributed by atoms with E-state index in [1.54, 1.807) is 7.11 Å². The molecule has 0 saturated carbocycles. The summed E-state index contributed by atoms with van der Waals surface area (Å²) in [7, 11) is 3.79. The van der Waals surface area contributed by atoms with Gasteiger partial charge in [0.25, 0.3) is 0 Å². The minimum atomic E-state index is 0. The van der Waals surface area contributed by atoms with Crippen LogP contribution in [0.15, 0.2) is 23.2 Å². The van der Waals surface area contributed by atoms with Gasteiger partial charge in [-0.05, 0) is 58.0 Å². The van der Waals surface area contributed by atoms with Gasteiger partial charge >= 0.3 is 0 Å². The first-order valence-corrected chi connectivity index (χ1v) is 9.64. The van der Waals surface area contributed by atoms with E-state index < -0.39 is 0 Å². The first-order valence-electron chi connectivity index (χ1n) is 9.64. The highest BCUT2D eigenvalue weighted by atomic mass is 127. The average Bonchev–Trinajstić information content (AvgIpc) is 2.65. The van der Waals surface area contributed by atoms with Gasteiger partial charge in [0.05, 0.1) is 13.7 Å². The van der Waals surface area contributed by atoms with Crippen LogP contribution in [0.25, 0.3) is 0 Å². The molecule has 0 fully saturated rings. The van der Waals surface area contributed by atoms with E-state index in [1.807, 2.05) is 13.0 Å². The number of halogens is 1. The maximum atomic E-state index is 5.64. The molecule has 0 aromatic heterocycles. The zero-order valence-electron chi connectivity index (χ0n) is 17.5. The van der Waals surface area contributed by atoms with Crippen molar-refractivity contribution in [1.82, 2.24) is 15.5 Å². The summed E-state index contributed by atoms with van der Waals surface area (Å²) in [5, 5.41) is 6.68. The zero-order chi connectivity index (χ0) is 19.2. The van der Waals surface area contributed by atoms with E-state index in [-0.39, 0.29) is 24.0 Å². The fourth-order valence-electron chi connectivity index (χ4n) is 2.48. The number of ether oxygens (including phenoxy) is 2. The molecule has 0 spiro atoms. The summed E-state index contributed by atoms with van der Waals surface area (Å²) >= 11 is 0. The zero-order valence-corrected chi connectivity index (χ0v) is 19.8. The molecule has 0 aliphatic heterocycles. The van der Waals surface area contributed by atoms with Gasteiger partial charge < -0.3 is 25.0 Å². The average molecular weight is 492 g/mol. The second-order valence-electron chi connectivity index (χ2n) is 6.11. The molecule has 0 atom stereocenters. The van der Waals surface area contributed by atoms with Crippen LogP contribution in [0.1, 0.15) is 32.8 Å². The highest BCUT2D eigenvalue weighted by Gasteiger charge is 2.05. The topological polar surface area (TPSA) is 58.1 Å². The molecule has 156 valence electrons. The van der Waals surface area contributed by atoms with Crippen LogP contribution in [0.5, 0.6) is 11.5 Å². The lowest BCUT2D eigenvalue weighted by Gasteiger charge is -2.16. The molecule has 0 aliphatic carbocycles. The minimum Gasteiger partial charge on any atom is -0.493 e. The molecule has 1 rings (SSSR count). The number of nitrogens with zero attached hydrogens (tertiary/aromatic N) is 2. The molecule has 0 unspecified atom stereocenters. The van der Waals surface area contributed by atoms with Crippen LogP contribution in [-0.2, 0) is 6.42 Å². The van der Waals surface area contributed by atoms with Crippen molar-refractivity contribution in [3.63, 3.8) is 0 Å². The number of aryl methyl sites for hydroxylation is 1. The lowest BCUT2D eigenvalue weighted by Crippen LogP contribution is -2.41. The van der Waals surface area contributed by atoms with E-state index >= 15 is 0 Å². The third-order valence-corrected chi connectivity index (χ3v) is 4.09. The molecule has 2 N–H and O–H groups in total. The molecule has 0 bridgehead atoms. The first kappa shape index (κ1) is 25.8. The highest BCUT2D eigenvalue weighted by Crippen LogP contribution is 2.28. The van der Waals surface area contributed by atoms with Crippen molar-refractivity contribution in [1.29, 1.82) is 0 Å². The van der Waals surface area contributed by atoms with Crippen LogP contribution >= 0.6 is 24.0 Å². The van der Waals surface area contributed by atoms with Crippen LogP contribution < -0.4 is 20.1 Å². The van der Waals surface area contributed by atoms with Gasteiger partial charge in [-0.15, -0.1) is 24.0 Å². The third-order valence-electron chi connectivity index (χ3n) is 4.09. The maximum absolute atomic E-state index is 5.64. The van der Waals surface area contributed by atoms with Gasteiger partial charge in [0.1, 0.15) is 0 Å². The highest BCUT2D eigenvalue weighted by molar-refractivity contribution is 14.0. The fraction of sp³-hybridized carbons (Fsp3) is 0.650. The lowest BCUT2D eigenvalue weighted by molar-refractivity contribution is 0.310. The normalized spacial score (nSPS) is 11.1. The third kappa shape index (κ3) is 10.6. The number of rotatable bonds is 12. The van der Waals surface area contributed by atoms with E-state index in [2.05, 4.69) is 53.6 Å². The molecule has 0 amide bonds. The Morgan fingerprint density at radius 2 is 1.93 bits per heavy atom. The van der Waals surface area contributed by atoms with E-state index in [9.17, 15) is 0 Å². The summed E-state index contributed by atoms with van der Waals surface area (Å²) in [5.74, 6) is 2.48. The minimum absolute atomic E-state index is 0. The first-order chi connectivity index (χ1) is 12.6. The van der Waals surface area contributed by atoms with Gasteiger partial charge in [0.2, 0.25) is 0 Å². The predicted octanol–water partition coefficient (Wildman–Crippen LogP) is 3.15. The van der Waals surface area contributed by atoms with Gasteiger partial charge in [-0.3, -0.25) is 4.99 Å². The maximum Gasteiger partial charge on any atom is 0.191 e. The number of nitrogens with one attached hydrogen (secondary N) is 2. The molecular weight excluding hydrogens is 455 g/mol. The van der Waals surface area contributed by atoms with Crippen molar-refractivity contribution in [2.75, 3.05) is 53.5 Å². The summed E-state index contributed by atoms with van der Waals surface area (Å²) in [6.07, 6.45) is 1.95. The molecular formula is C20H37IN4O2. The number of aliphatic imine (C=N–C) groups is 1. The quantitative estimate of drug-likeness (QED) is 0.203. The lowest BCUT2D eigenvalue weighted by atomic mass is 10.1. The van der Waals surface area contributed by atoms with Crippen LogP contribution in [0.3, 0.4) is 0 Å². The summed E-state index contributed by atoms with van der Waals surface area (Å²) < 4.78 is 11.0. The van der Waals surface area contributed by atoms with Crippen molar-refractivity contribution < 1.29 is 9.47 Å². The number of guanidine groups is 1. The van der Waals surface area contributed by atoms with E-state index in [4.69, 9.17) is 9.47 Å². The van der Waals surface area contributed by atoms with E-state index in [0.29, 0.717) is 6.61 Å². The van der Waals surface area contributed by atoms with Gasteiger partial charge in [-0.1, -0.05) is 13.0 Å². The summed E-state index contributed by atoms with van der Waals surface area (Å²) in [6, 6.07) is 6.13. The molecule has 6 nitrogen and oxygen atoms in total. The largest absolute Gasteiger partial charge is 0.493 e. The number of hydrogen-bond acceptors (Lipinski definition) is 4. The summed E-state index contributed by atoms with van der Waals surface area (Å²) in [6.45, 7) is 11.5. The fourth-order valence-corrected chi connectivity index (χ4v) is 2.48. The van der Waals surface area contributed by atoms with Crippen LogP contribution in [0, 0.1) is 0 Å². The monoisotopic (exact) mass is 492 g/mol. The number of likely N-dealkylation sites (N-methyl/N-ethyl adjacent to an activating group) is 1. The van der Waals surface area contributed by atoms with Crippen molar-refractivity contribution in [3.8, 4) is 11.5 Å². The standard InChI is InChI=1S/C20H36N4O2.HI/c1-6-21-20(23-14-15-24(4)7-2)22-13-9-10-17-11-12-18(25-5)19(16-17)26-8-3;/h11-12,16H,6-10,13-15H2,1-5H3,(H2,21,22,23);1H. The van der Waals surface area contributed by atoms with E-state index in [0.717, 1.165) is 63.0 Å².